The molecular weight excluding hydrogens is 332 g/mol. The van der Waals surface area contributed by atoms with Crippen molar-refractivity contribution in [3.8, 4) is 17.2 Å². The Kier molecular flexibility index (Phi) is 5.60. The van der Waals surface area contributed by atoms with Gasteiger partial charge in [0.1, 0.15) is 5.75 Å². The molecule has 1 heterocycles. The van der Waals surface area contributed by atoms with Crippen molar-refractivity contribution in [1.29, 1.82) is 0 Å². The number of rotatable bonds is 7. The summed E-state index contributed by atoms with van der Waals surface area (Å²) in [6.45, 7) is 0.588. The average Bonchev–Trinajstić information content (AvgIpc) is 3.11. The molecule has 26 heavy (non-hydrogen) atoms. The zero-order valence-corrected chi connectivity index (χ0v) is 14.7. The highest BCUT2D eigenvalue weighted by molar-refractivity contribution is 5.92. The van der Waals surface area contributed by atoms with Crippen molar-refractivity contribution in [1.82, 2.24) is 15.1 Å². The average molecular weight is 352 g/mol. The summed E-state index contributed by atoms with van der Waals surface area (Å²) in [4.78, 5) is 14.0. The number of anilines is 1. The number of amides is 1. The number of carbonyl (C=O) groups is 1. The summed E-state index contributed by atoms with van der Waals surface area (Å²) < 4.78 is 10.8. The molecule has 134 valence electrons. The second kappa shape index (κ2) is 8.26. The third kappa shape index (κ3) is 4.67. The van der Waals surface area contributed by atoms with Crippen LogP contribution in [0.2, 0.25) is 0 Å². The lowest BCUT2D eigenvalue weighted by molar-refractivity contribution is -0.117. The first-order chi connectivity index (χ1) is 12.6. The van der Waals surface area contributed by atoms with E-state index in [1.807, 2.05) is 37.4 Å². The molecule has 3 aromatic rings. The van der Waals surface area contributed by atoms with Crippen molar-refractivity contribution >= 4 is 11.6 Å². The molecule has 0 saturated carbocycles. The van der Waals surface area contributed by atoms with Crippen LogP contribution in [-0.2, 0) is 11.3 Å². The molecular formula is C19H20N4O3. The van der Waals surface area contributed by atoms with E-state index in [9.17, 15) is 4.79 Å². The Bertz CT molecular complexity index is 847. The number of methoxy groups -OCH3 is 1. The van der Waals surface area contributed by atoms with Crippen LogP contribution in [0.15, 0.2) is 59.0 Å². The molecule has 0 aliphatic rings. The first-order valence-corrected chi connectivity index (χ1v) is 8.14. The van der Waals surface area contributed by atoms with Crippen LogP contribution in [0.5, 0.6) is 5.75 Å². The number of carbonyl (C=O) groups excluding carboxylic acids is 1. The van der Waals surface area contributed by atoms with Crippen molar-refractivity contribution in [2.45, 2.75) is 6.54 Å². The van der Waals surface area contributed by atoms with Crippen LogP contribution in [0.1, 0.15) is 5.89 Å². The van der Waals surface area contributed by atoms with Crippen LogP contribution in [0.25, 0.3) is 11.5 Å². The second-order valence-corrected chi connectivity index (χ2v) is 5.82. The van der Waals surface area contributed by atoms with E-state index in [4.69, 9.17) is 9.15 Å². The van der Waals surface area contributed by atoms with Gasteiger partial charge in [0.2, 0.25) is 17.7 Å². The molecule has 2 aromatic carbocycles. The highest BCUT2D eigenvalue weighted by atomic mass is 16.5. The molecule has 0 spiro atoms. The Morgan fingerprint density at radius 1 is 1.12 bits per heavy atom. The smallest absolute Gasteiger partial charge is 0.247 e. The SMILES string of the molecule is COc1ccc(NC(=O)CN(C)Cc2nnc(-c3ccccc3)o2)cc1. The van der Waals surface area contributed by atoms with Crippen LogP contribution in [0.3, 0.4) is 0 Å². The molecule has 0 fully saturated rings. The summed E-state index contributed by atoms with van der Waals surface area (Å²) in [7, 11) is 3.42. The summed E-state index contributed by atoms with van der Waals surface area (Å²) in [5.74, 6) is 1.55. The molecule has 1 aromatic heterocycles. The monoisotopic (exact) mass is 352 g/mol. The number of aromatic nitrogens is 2. The molecule has 0 aliphatic heterocycles. The van der Waals surface area contributed by atoms with Crippen LogP contribution in [0, 0.1) is 0 Å². The molecule has 1 N–H and O–H groups in total. The van der Waals surface area contributed by atoms with E-state index in [0.29, 0.717) is 24.0 Å². The van der Waals surface area contributed by atoms with E-state index in [0.717, 1.165) is 11.3 Å². The van der Waals surface area contributed by atoms with Gasteiger partial charge in [-0.05, 0) is 43.4 Å². The Hall–Kier alpha value is -3.19. The lowest BCUT2D eigenvalue weighted by atomic mass is 10.2. The number of likely N-dealkylation sites (N-methyl/N-ethyl adjacent to an activating group) is 1. The number of nitrogens with one attached hydrogen (secondary N) is 1. The van der Waals surface area contributed by atoms with E-state index in [1.54, 1.807) is 36.3 Å². The Morgan fingerprint density at radius 2 is 1.85 bits per heavy atom. The van der Waals surface area contributed by atoms with Crippen molar-refractivity contribution in [3.05, 3.63) is 60.5 Å². The van der Waals surface area contributed by atoms with Crippen LogP contribution in [0.4, 0.5) is 5.69 Å². The Morgan fingerprint density at radius 3 is 2.54 bits per heavy atom. The van der Waals surface area contributed by atoms with Gasteiger partial charge < -0.3 is 14.5 Å². The maximum absolute atomic E-state index is 12.1. The fourth-order valence-electron chi connectivity index (χ4n) is 2.42. The quantitative estimate of drug-likeness (QED) is 0.704. The molecule has 0 radical (unpaired) electrons. The minimum absolute atomic E-state index is 0.125. The zero-order chi connectivity index (χ0) is 18.4. The number of nitrogens with zero attached hydrogens (tertiary/aromatic N) is 3. The molecule has 7 nitrogen and oxygen atoms in total. The fourth-order valence-corrected chi connectivity index (χ4v) is 2.42. The first kappa shape index (κ1) is 17.6. The largest absolute Gasteiger partial charge is 0.497 e. The van der Waals surface area contributed by atoms with Gasteiger partial charge in [0.05, 0.1) is 20.2 Å². The molecule has 0 bridgehead atoms. The topological polar surface area (TPSA) is 80.5 Å². The maximum Gasteiger partial charge on any atom is 0.247 e. The van der Waals surface area contributed by atoms with Crippen molar-refractivity contribution in [3.63, 3.8) is 0 Å². The van der Waals surface area contributed by atoms with Crippen LogP contribution < -0.4 is 10.1 Å². The Balaban J connectivity index is 1.52. The maximum atomic E-state index is 12.1. The van der Waals surface area contributed by atoms with Gasteiger partial charge in [-0.15, -0.1) is 10.2 Å². The zero-order valence-electron chi connectivity index (χ0n) is 14.7. The standard InChI is InChI=1S/C19H20N4O3/c1-23(12-17(24)20-15-8-10-16(25-2)11-9-15)13-18-21-22-19(26-18)14-6-4-3-5-7-14/h3-11H,12-13H2,1-2H3,(H,20,24). The highest BCUT2D eigenvalue weighted by Crippen LogP contribution is 2.18. The minimum atomic E-state index is -0.125. The van der Waals surface area contributed by atoms with Gasteiger partial charge in [-0.2, -0.15) is 0 Å². The van der Waals surface area contributed by atoms with E-state index in [2.05, 4.69) is 15.5 Å². The molecule has 0 saturated heterocycles. The van der Waals surface area contributed by atoms with Gasteiger partial charge in [0, 0.05) is 11.3 Å². The van der Waals surface area contributed by atoms with Crippen molar-refractivity contribution < 1.29 is 13.9 Å². The van der Waals surface area contributed by atoms with Gasteiger partial charge in [0.25, 0.3) is 0 Å². The number of ether oxygens (including phenoxy) is 1. The fraction of sp³-hybridized carbons (Fsp3) is 0.211. The van der Waals surface area contributed by atoms with E-state index in [-0.39, 0.29) is 12.5 Å². The molecule has 0 atom stereocenters. The normalized spacial score (nSPS) is 10.7. The third-order valence-corrected chi connectivity index (χ3v) is 3.68. The first-order valence-electron chi connectivity index (χ1n) is 8.14. The molecule has 0 unspecified atom stereocenters. The van der Waals surface area contributed by atoms with Gasteiger partial charge in [-0.1, -0.05) is 18.2 Å². The van der Waals surface area contributed by atoms with Crippen molar-refractivity contribution in [2.75, 3.05) is 26.0 Å². The minimum Gasteiger partial charge on any atom is -0.497 e. The third-order valence-electron chi connectivity index (χ3n) is 3.68. The molecule has 0 aliphatic carbocycles. The van der Waals surface area contributed by atoms with Gasteiger partial charge in [-0.25, -0.2) is 0 Å². The summed E-state index contributed by atoms with van der Waals surface area (Å²) in [6, 6.07) is 16.7. The van der Waals surface area contributed by atoms with E-state index < -0.39 is 0 Å². The lowest BCUT2D eigenvalue weighted by Crippen LogP contribution is -2.29. The molecule has 7 heteroatoms. The van der Waals surface area contributed by atoms with Crippen LogP contribution >= 0.6 is 0 Å². The molecule has 1 amide bonds. The molecule has 3 rings (SSSR count). The summed E-state index contributed by atoms with van der Waals surface area (Å²) in [5, 5.41) is 10.9. The Labute approximate surface area is 151 Å². The van der Waals surface area contributed by atoms with Gasteiger partial charge in [-0.3, -0.25) is 9.69 Å². The highest BCUT2D eigenvalue weighted by Gasteiger charge is 2.13. The van der Waals surface area contributed by atoms with E-state index in [1.165, 1.54) is 0 Å². The predicted molar refractivity (Wildman–Crippen MR) is 97.7 cm³/mol. The number of benzene rings is 2. The summed E-state index contributed by atoms with van der Waals surface area (Å²) >= 11 is 0. The van der Waals surface area contributed by atoms with Crippen LogP contribution in [-0.4, -0.2) is 41.7 Å². The number of hydrogen-bond donors (Lipinski definition) is 1. The second-order valence-electron chi connectivity index (χ2n) is 5.82. The van der Waals surface area contributed by atoms with Gasteiger partial charge in [0.15, 0.2) is 0 Å². The summed E-state index contributed by atoms with van der Waals surface area (Å²) in [5.41, 5.74) is 1.58. The predicted octanol–water partition coefficient (Wildman–Crippen LogP) is 2.82. The van der Waals surface area contributed by atoms with E-state index >= 15 is 0 Å². The number of hydrogen-bond acceptors (Lipinski definition) is 6. The lowest BCUT2D eigenvalue weighted by Gasteiger charge is -2.14. The summed E-state index contributed by atoms with van der Waals surface area (Å²) in [6.07, 6.45) is 0. The van der Waals surface area contributed by atoms with Gasteiger partial charge >= 0.3 is 0 Å². The van der Waals surface area contributed by atoms with Crippen molar-refractivity contribution in [2.24, 2.45) is 0 Å².